The fraction of sp³-hybridized carbons (Fsp3) is 0.435. The van der Waals surface area contributed by atoms with E-state index < -0.39 is 0 Å². The Bertz CT molecular complexity index is 1010. The highest BCUT2D eigenvalue weighted by molar-refractivity contribution is 5.91. The molecule has 158 valence electrons. The van der Waals surface area contributed by atoms with Crippen LogP contribution >= 0.6 is 0 Å². The summed E-state index contributed by atoms with van der Waals surface area (Å²) in [7, 11) is 1.66. The Hall–Kier alpha value is -3.09. The molecular weight excluding hydrogens is 382 g/mol. The third-order valence-corrected chi connectivity index (χ3v) is 5.51. The van der Waals surface area contributed by atoms with Gasteiger partial charge in [-0.3, -0.25) is 4.79 Å². The minimum Gasteiger partial charge on any atom is -0.496 e. The molecule has 3 heterocycles. The molecule has 3 aromatic rings. The molecule has 7 nitrogen and oxygen atoms in total. The van der Waals surface area contributed by atoms with E-state index in [9.17, 15) is 4.79 Å². The molecule has 1 aromatic carbocycles. The Morgan fingerprint density at radius 3 is 2.90 bits per heavy atom. The summed E-state index contributed by atoms with van der Waals surface area (Å²) in [6.07, 6.45) is 5.10. The van der Waals surface area contributed by atoms with E-state index in [1.54, 1.807) is 24.3 Å². The zero-order chi connectivity index (χ0) is 21.1. The topological polar surface area (TPSA) is 81.6 Å². The van der Waals surface area contributed by atoms with Crippen molar-refractivity contribution in [2.24, 2.45) is 0 Å². The molecule has 1 unspecified atom stereocenters. The quantitative estimate of drug-likeness (QED) is 0.584. The Labute approximate surface area is 176 Å². The fourth-order valence-electron chi connectivity index (χ4n) is 3.83. The van der Waals surface area contributed by atoms with Crippen LogP contribution in [0.5, 0.6) is 5.75 Å². The molecule has 7 heteroatoms. The van der Waals surface area contributed by atoms with Crippen LogP contribution in [0.3, 0.4) is 0 Å². The highest BCUT2D eigenvalue weighted by Gasteiger charge is 2.34. The molecule has 0 saturated carbocycles. The van der Waals surface area contributed by atoms with Gasteiger partial charge in [-0.25, -0.2) is 4.98 Å². The third kappa shape index (κ3) is 4.10. The van der Waals surface area contributed by atoms with Crippen molar-refractivity contribution in [1.82, 2.24) is 15.0 Å². The number of ether oxygens (including phenoxy) is 1. The van der Waals surface area contributed by atoms with Gasteiger partial charge in [-0.2, -0.15) is 0 Å². The van der Waals surface area contributed by atoms with E-state index in [1.807, 2.05) is 38.1 Å². The van der Waals surface area contributed by atoms with Gasteiger partial charge < -0.3 is 18.6 Å². The fourth-order valence-corrected chi connectivity index (χ4v) is 3.83. The molecule has 1 aliphatic heterocycles. The van der Waals surface area contributed by atoms with Gasteiger partial charge in [0.25, 0.3) is 5.91 Å². The van der Waals surface area contributed by atoms with Crippen LogP contribution in [-0.4, -0.2) is 34.6 Å². The molecule has 1 saturated heterocycles. The summed E-state index contributed by atoms with van der Waals surface area (Å²) in [6, 6.07) is 9.38. The van der Waals surface area contributed by atoms with Crippen LogP contribution in [0.15, 0.2) is 45.5 Å². The first-order valence-electron chi connectivity index (χ1n) is 10.4. The molecule has 0 aliphatic carbocycles. The number of hydrogen-bond donors (Lipinski definition) is 0. The minimum atomic E-state index is -0.203. The van der Waals surface area contributed by atoms with Gasteiger partial charge in [0, 0.05) is 24.6 Å². The Kier molecular flexibility index (Phi) is 5.88. The van der Waals surface area contributed by atoms with Crippen molar-refractivity contribution in [3.8, 4) is 5.75 Å². The van der Waals surface area contributed by atoms with Crippen molar-refractivity contribution >= 4 is 5.91 Å². The van der Waals surface area contributed by atoms with Crippen LogP contribution in [0, 0.1) is 0 Å². The predicted octanol–water partition coefficient (Wildman–Crippen LogP) is 4.75. The molecule has 0 spiro atoms. The molecule has 0 N–H and O–H groups in total. The molecule has 2 aromatic heterocycles. The zero-order valence-corrected chi connectivity index (χ0v) is 17.6. The number of amides is 1. The molecule has 0 bridgehead atoms. The van der Waals surface area contributed by atoms with Crippen LogP contribution < -0.4 is 4.74 Å². The van der Waals surface area contributed by atoms with E-state index in [1.165, 1.54) is 0 Å². The van der Waals surface area contributed by atoms with Crippen LogP contribution in [0.2, 0.25) is 0 Å². The van der Waals surface area contributed by atoms with Crippen molar-refractivity contribution in [1.29, 1.82) is 0 Å². The maximum absolute atomic E-state index is 13.1. The van der Waals surface area contributed by atoms with E-state index in [-0.39, 0.29) is 23.6 Å². The number of carbonyl (C=O) groups is 1. The van der Waals surface area contributed by atoms with Gasteiger partial charge in [-0.1, -0.05) is 37.2 Å². The normalized spacial score (nSPS) is 16.8. The lowest BCUT2D eigenvalue weighted by Crippen LogP contribution is -2.38. The molecule has 1 aliphatic rings. The van der Waals surface area contributed by atoms with Crippen LogP contribution in [0.1, 0.15) is 78.5 Å². The Balaban J connectivity index is 1.53. The number of methoxy groups -OCH3 is 1. The van der Waals surface area contributed by atoms with Crippen molar-refractivity contribution in [3.05, 3.63) is 65.2 Å². The number of aromatic nitrogens is 2. The SMILES string of the molecule is COc1ccccc1Cc1cnc(C2CCCCN2C(=O)c2cc(C(C)C)no2)o1. The van der Waals surface area contributed by atoms with Gasteiger partial charge in [0.05, 0.1) is 19.0 Å². The number of likely N-dealkylation sites (tertiary alicyclic amines) is 1. The number of benzene rings is 1. The molecule has 1 atom stereocenters. The number of carbonyl (C=O) groups excluding carboxylic acids is 1. The summed E-state index contributed by atoms with van der Waals surface area (Å²) in [5.41, 5.74) is 1.81. The van der Waals surface area contributed by atoms with E-state index in [2.05, 4.69) is 10.1 Å². The third-order valence-electron chi connectivity index (χ3n) is 5.51. The van der Waals surface area contributed by atoms with E-state index in [4.69, 9.17) is 13.7 Å². The lowest BCUT2D eigenvalue weighted by molar-refractivity contribution is 0.0528. The summed E-state index contributed by atoms with van der Waals surface area (Å²) in [4.78, 5) is 19.4. The van der Waals surface area contributed by atoms with E-state index in [0.717, 1.165) is 42.0 Å². The smallest absolute Gasteiger partial charge is 0.293 e. The minimum absolute atomic E-state index is 0.163. The van der Waals surface area contributed by atoms with Gasteiger partial charge in [0.1, 0.15) is 17.6 Å². The lowest BCUT2D eigenvalue weighted by Gasteiger charge is -2.32. The summed E-state index contributed by atoms with van der Waals surface area (Å²) in [5.74, 6) is 2.44. The lowest BCUT2D eigenvalue weighted by atomic mass is 10.0. The van der Waals surface area contributed by atoms with Crippen molar-refractivity contribution < 1.29 is 18.5 Å². The highest BCUT2D eigenvalue weighted by Crippen LogP contribution is 2.33. The first-order chi connectivity index (χ1) is 14.6. The molecule has 1 amide bonds. The second-order valence-corrected chi connectivity index (χ2v) is 7.93. The van der Waals surface area contributed by atoms with Gasteiger partial charge in [-0.15, -0.1) is 0 Å². The van der Waals surface area contributed by atoms with Crippen LogP contribution in [-0.2, 0) is 6.42 Å². The van der Waals surface area contributed by atoms with E-state index >= 15 is 0 Å². The Morgan fingerprint density at radius 2 is 2.13 bits per heavy atom. The molecular formula is C23H27N3O4. The zero-order valence-electron chi connectivity index (χ0n) is 17.6. The maximum Gasteiger partial charge on any atom is 0.293 e. The monoisotopic (exact) mass is 409 g/mol. The predicted molar refractivity (Wildman–Crippen MR) is 111 cm³/mol. The molecule has 4 rings (SSSR count). The number of piperidine rings is 1. The number of nitrogens with zero attached hydrogens (tertiary/aromatic N) is 3. The van der Waals surface area contributed by atoms with Gasteiger partial charge in [0.2, 0.25) is 11.7 Å². The first kappa shape index (κ1) is 20.2. The number of para-hydroxylation sites is 1. The van der Waals surface area contributed by atoms with Gasteiger partial charge in [0.15, 0.2) is 0 Å². The summed E-state index contributed by atoms with van der Waals surface area (Å²) in [5, 5.41) is 4.02. The molecule has 1 fully saturated rings. The Morgan fingerprint density at radius 1 is 1.30 bits per heavy atom. The molecule has 0 radical (unpaired) electrons. The van der Waals surface area contributed by atoms with Gasteiger partial charge >= 0.3 is 0 Å². The van der Waals surface area contributed by atoms with Crippen LogP contribution in [0.4, 0.5) is 0 Å². The van der Waals surface area contributed by atoms with Gasteiger partial charge in [-0.05, 0) is 31.2 Å². The second kappa shape index (κ2) is 8.73. The average molecular weight is 409 g/mol. The summed E-state index contributed by atoms with van der Waals surface area (Å²) in [6.45, 7) is 4.68. The standard InChI is InChI=1S/C23H27N3O4/c1-15(2)18-13-21(30-25-18)23(27)26-11-7-6-9-19(26)22-24-14-17(29-22)12-16-8-4-5-10-20(16)28-3/h4-5,8,10,13-15,19H,6-7,9,11-12H2,1-3H3. The largest absolute Gasteiger partial charge is 0.496 e. The summed E-state index contributed by atoms with van der Waals surface area (Å²) < 4.78 is 16.8. The average Bonchev–Trinajstić information content (AvgIpc) is 3.44. The van der Waals surface area contributed by atoms with Crippen LogP contribution in [0.25, 0.3) is 0 Å². The first-order valence-corrected chi connectivity index (χ1v) is 10.4. The number of oxazole rings is 1. The maximum atomic E-state index is 13.1. The highest BCUT2D eigenvalue weighted by atomic mass is 16.5. The van der Waals surface area contributed by atoms with Crippen molar-refractivity contribution in [3.63, 3.8) is 0 Å². The van der Waals surface area contributed by atoms with E-state index in [0.29, 0.717) is 18.9 Å². The number of rotatable bonds is 6. The van der Waals surface area contributed by atoms with Crippen molar-refractivity contribution in [2.45, 2.75) is 51.5 Å². The number of hydrogen-bond acceptors (Lipinski definition) is 6. The summed E-state index contributed by atoms with van der Waals surface area (Å²) >= 11 is 0. The second-order valence-electron chi connectivity index (χ2n) is 7.93. The van der Waals surface area contributed by atoms with Crippen molar-refractivity contribution in [2.75, 3.05) is 13.7 Å². The molecule has 30 heavy (non-hydrogen) atoms.